The van der Waals surface area contributed by atoms with Gasteiger partial charge in [-0.2, -0.15) is 16.8 Å². The fourth-order valence-electron chi connectivity index (χ4n) is 4.14. The van der Waals surface area contributed by atoms with Crippen LogP contribution in [-0.4, -0.2) is 16.8 Å². The number of hydrogen-bond acceptors (Lipinski definition) is 6. The van der Waals surface area contributed by atoms with Crippen LogP contribution in [0, 0.1) is 0 Å². The average molecular weight is 479 g/mol. The van der Waals surface area contributed by atoms with Crippen LogP contribution in [0.1, 0.15) is 11.1 Å². The first-order chi connectivity index (χ1) is 15.9. The summed E-state index contributed by atoms with van der Waals surface area (Å²) in [6.07, 6.45) is 0. The minimum absolute atomic E-state index is 0.00588. The number of hydrogen-bond donors (Lipinski definition) is 0. The summed E-state index contributed by atoms with van der Waals surface area (Å²) in [6.45, 7) is 0. The fraction of sp³-hybridized carbons (Fsp3) is 0.0400. The highest BCUT2D eigenvalue weighted by Gasteiger charge is 2.66. The van der Waals surface area contributed by atoms with Crippen LogP contribution in [-0.2, 0) is 24.3 Å². The quantitative estimate of drug-likeness (QED) is 0.374. The van der Waals surface area contributed by atoms with Gasteiger partial charge in [-0.15, -0.1) is 0 Å². The molecule has 0 heterocycles. The van der Waals surface area contributed by atoms with E-state index in [1.165, 1.54) is 36.4 Å². The molecule has 166 valence electrons. The van der Waals surface area contributed by atoms with Gasteiger partial charge in [-0.3, -0.25) is 0 Å². The van der Waals surface area contributed by atoms with E-state index in [0.29, 0.717) is 11.1 Å². The molecule has 0 aliphatic heterocycles. The number of fused-ring (bicyclic) bond motifs is 3. The summed E-state index contributed by atoms with van der Waals surface area (Å²) in [5.74, 6) is -0.0118. The smallest absolute Gasteiger partial charge is 0.342 e. The molecule has 0 saturated carbocycles. The zero-order valence-electron chi connectivity index (χ0n) is 17.2. The van der Waals surface area contributed by atoms with Crippen LogP contribution >= 0.6 is 0 Å². The van der Waals surface area contributed by atoms with Crippen molar-refractivity contribution in [1.29, 1.82) is 0 Å². The molecule has 8 heteroatoms. The van der Waals surface area contributed by atoms with Crippen LogP contribution in [0.15, 0.2) is 109 Å². The van der Waals surface area contributed by atoms with Crippen LogP contribution in [0.2, 0.25) is 0 Å². The monoisotopic (exact) mass is 478 g/mol. The van der Waals surface area contributed by atoms with Crippen molar-refractivity contribution < 1.29 is 25.2 Å². The molecule has 0 radical (unpaired) electrons. The largest absolute Gasteiger partial charge is 0.381 e. The van der Waals surface area contributed by atoms with E-state index in [-0.39, 0.29) is 22.6 Å². The molecule has 4 aromatic rings. The molecule has 0 bridgehead atoms. The predicted molar refractivity (Wildman–Crippen MR) is 125 cm³/mol. The lowest BCUT2D eigenvalue weighted by atomic mass is 10.1. The molecule has 0 spiro atoms. The van der Waals surface area contributed by atoms with Gasteiger partial charge in [0, 0.05) is 11.1 Å². The first-order valence-corrected chi connectivity index (χ1v) is 12.9. The van der Waals surface area contributed by atoms with Crippen molar-refractivity contribution in [3.05, 3.63) is 120 Å². The van der Waals surface area contributed by atoms with Crippen LogP contribution < -0.4 is 8.37 Å². The maximum atomic E-state index is 14.0. The van der Waals surface area contributed by atoms with Gasteiger partial charge in [-0.05, 0) is 35.4 Å². The first-order valence-electron chi connectivity index (χ1n) is 10.0. The number of para-hydroxylation sites is 2. The van der Waals surface area contributed by atoms with Gasteiger partial charge >= 0.3 is 20.2 Å². The van der Waals surface area contributed by atoms with Crippen molar-refractivity contribution in [2.75, 3.05) is 0 Å². The third kappa shape index (κ3) is 3.21. The van der Waals surface area contributed by atoms with Crippen LogP contribution in [0.25, 0.3) is 11.1 Å². The summed E-state index contributed by atoms with van der Waals surface area (Å²) in [5, 5.41) is 0. The van der Waals surface area contributed by atoms with E-state index >= 15 is 0 Å². The molecule has 33 heavy (non-hydrogen) atoms. The Bertz CT molecular complexity index is 1410. The minimum Gasteiger partial charge on any atom is -0.381 e. The number of benzene rings is 4. The Morgan fingerprint density at radius 2 is 0.788 bits per heavy atom. The van der Waals surface area contributed by atoms with E-state index in [4.69, 9.17) is 8.37 Å². The molecular formula is C25H18O6S2. The van der Waals surface area contributed by atoms with Crippen molar-refractivity contribution >= 4 is 20.2 Å². The highest BCUT2D eigenvalue weighted by molar-refractivity contribution is 8.06. The van der Waals surface area contributed by atoms with Gasteiger partial charge in [-0.1, -0.05) is 84.9 Å². The molecule has 0 amide bonds. The molecule has 6 nitrogen and oxygen atoms in total. The lowest BCUT2D eigenvalue weighted by Crippen LogP contribution is -2.47. The zero-order chi connectivity index (χ0) is 23.1. The van der Waals surface area contributed by atoms with Crippen LogP contribution in [0.5, 0.6) is 11.5 Å². The Balaban J connectivity index is 1.83. The van der Waals surface area contributed by atoms with Crippen molar-refractivity contribution in [3.63, 3.8) is 0 Å². The van der Waals surface area contributed by atoms with E-state index in [1.54, 1.807) is 72.8 Å². The summed E-state index contributed by atoms with van der Waals surface area (Å²) in [7, 11) is -9.78. The average Bonchev–Trinajstić information content (AvgIpc) is 3.13. The molecule has 0 fully saturated rings. The lowest BCUT2D eigenvalue weighted by molar-refractivity contribution is 0.444. The minimum atomic E-state index is -4.89. The topological polar surface area (TPSA) is 86.7 Å². The lowest BCUT2D eigenvalue weighted by Gasteiger charge is -2.29. The van der Waals surface area contributed by atoms with Gasteiger partial charge in [0.05, 0.1) is 0 Å². The van der Waals surface area contributed by atoms with Gasteiger partial charge in [0.1, 0.15) is 11.5 Å². The Morgan fingerprint density at radius 3 is 1.18 bits per heavy atom. The van der Waals surface area contributed by atoms with E-state index in [2.05, 4.69) is 0 Å². The standard InChI is InChI=1S/C25H18O6S2/c26-32(27,30-19-11-3-1-4-12-19)25(33(28,29)31-20-13-5-2-6-14-20)23-17-9-7-15-21(23)22-16-8-10-18-24(22)25/h1-18H. The third-order valence-electron chi connectivity index (χ3n) is 5.46. The fourth-order valence-corrected chi connectivity index (χ4v) is 8.10. The molecular weight excluding hydrogens is 460 g/mol. The van der Waals surface area contributed by atoms with E-state index < -0.39 is 24.3 Å². The molecule has 5 rings (SSSR count). The molecule has 0 aromatic heterocycles. The van der Waals surface area contributed by atoms with Gasteiger partial charge in [0.15, 0.2) is 0 Å². The summed E-state index contributed by atoms with van der Waals surface area (Å²) in [5.41, 5.74) is 1.07. The Labute approximate surface area is 192 Å². The summed E-state index contributed by atoms with van der Waals surface area (Å²) < 4.78 is 64.3. The van der Waals surface area contributed by atoms with Crippen molar-refractivity contribution in [3.8, 4) is 22.6 Å². The SMILES string of the molecule is O=S(=O)(Oc1ccccc1)C1(S(=O)(=O)Oc2ccccc2)c2ccccc2-c2ccccc21. The maximum Gasteiger partial charge on any atom is 0.342 e. The van der Waals surface area contributed by atoms with Crippen molar-refractivity contribution in [1.82, 2.24) is 0 Å². The second kappa shape index (κ2) is 7.75. The molecule has 0 atom stereocenters. The second-order valence-electron chi connectivity index (χ2n) is 7.41. The molecule has 0 N–H and O–H groups in total. The van der Waals surface area contributed by atoms with Crippen LogP contribution in [0.4, 0.5) is 0 Å². The highest BCUT2D eigenvalue weighted by atomic mass is 32.3. The van der Waals surface area contributed by atoms with Gasteiger partial charge in [0.2, 0.25) is 0 Å². The third-order valence-corrected chi connectivity index (χ3v) is 9.79. The van der Waals surface area contributed by atoms with E-state index in [9.17, 15) is 16.8 Å². The van der Waals surface area contributed by atoms with Crippen molar-refractivity contribution in [2.24, 2.45) is 0 Å². The highest BCUT2D eigenvalue weighted by Crippen LogP contribution is 2.55. The van der Waals surface area contributed by atoms with E-state index in [0.717, 1.165) is 0 Å². The summed E-state index contributed by atoms with van der Waals surface area (Å²) >= 11 is 0. The molecule has 0 unspecified atom stereocenters. The zero-order valence-corrected chi connectivity index (χ0v) is 18.8. The normalized spacial score (nSPS) is 14.2. The van der Waals surface area contributed by atoms with Crippen molar-refractivity contribution in [2.45, 2.75) is 4.08 Å². The Kier molecular flexibility index (Phi) is 4.99. The van der Waals surface area contributed by atoms with Gasteiger partial charge in [0.25, 0.3) is 4.08 Å². The predicted octanol–water partition coefficient (Wildman–Crippen LogP) is 4.69. The molecule has 4 aromatic carbocycles. The Morgan fingerprint density at radius 1 is 0.455 bits per heavy atom. The maximum absolute atomic E-state index is 14.0. The second-order valence-corrected chi connectivity index (χ2v) is 11.0. The van der Waals surface area contributed by atoms with Gasteiger partial charge < -0.3 is 8.37 Å². The molecule has 1 aliphatic rings. The van der Waals surface area contributed by atoms with Crippen LogP contribution in [0.3, 0.4) is 0 Å². The molecule has 0 saturated heterocycles. The van der Waals surface area contributed by atoms with E-state index in [1.807, 2.05) is 0 Å². The summed E-state index contributed by atoms with van der Waals surface area (Å²) in [4.78, 5) is 0. The molecule has 1 aliphatic carbocycles. The summed E-state index contributed by atoms with van der Waals surface area (Å²) in [6, 6.07) is 28.6. The van der Waals surface area contributed by atoms with Gasteiger partial charge in [-0.25, -0.2) is 0 Å². The number of rotatable bonds is 6. The Hall–Kier alpha value is -3.62. The first kappa shape index (κ1) is 21.2.